The summed E-state index contributed by atoms with van der Waals surface area (Å²) in [7, 11) is 0. The second-order valence-electron chi connectivity index (χ2n) is 9.55. The molecule has 3 aromatic heterocycles. The summed E-state index contributed by atoms with van der Waals surface area (Å²) < 4.78 is 27.7. The van der Waals surface area contributed by atoms with Crippen LogP contribution in [0.15, 0.2) is 77.6 Å². The van der Waals surface area contributed by atoms with Gasteiger partial charge in [0.25, 0.3) is 0 Å². The molecule has 6 rings (SSSR count). The molecule has 6 nitrogen and oxygen atoms in total. The van der Waals surface area contributed by atoms with Crippen molar-refractivity contribution in [2.45, 2.75) is 38.3 Å². The summed E-state index contributed by atoms with van der Waals surface area (Å²) in [5.41, 5.74) is 4.42. The second kappa shape index (κ2) is 8.43. The van der Waals surface area contributed by atoms with E-state index >= 15 is 0 Å². The highest BCUT2D eigenvalue weighted by Crippen LogP contribution is 2.39. The largest absolute Gasteiger partial charge is 0.438 e. The lowest BCUT2D eigenvalue weighted by Gasteiger charge is -2.35. The van der Waals surface area contributed by atoms with E-state index in [2.05, 4.69) is 23.8 Å². The molecule has 2 aromatic carbocycles. The second-order valence-corrected chi connectivity index (χ2v) is 9.55. The lowest BCUT2D eigenvalue weighted by atomic mass is 9.94. The summed E-state index contributed by atoms with van der Waals surface area (Å²) in [5.74, 6) is 0.442. The molecule has 0 N–H and O–H groups in total. The van der Waals surface area contributed by atoms with Crippen molar-refractivity contribution >= 4 is 11.1 Å². The van der Waals surface area contributed by atoms with Gasteiger partial charge < -0.3 is 9.15 Å². The van der Waals surface area contributed by atoms with E-state index in [0.29, 0.717) is 12.3 Å². The maximum atomic E-state index is 13.7. The average molecular weight is 469 g/mol. The van der Waals surface area contributed by atoms with Crippen LogP contribution in [0.1, 0.15) is 32.7 Å². The van der Waals surface area contributed by atoms with Gasteiger partial charge in [-0.25, -0.2) is 14.4 Å². The molecule has 1 saturated heterocycles. The molecule has 0 amide bonds. The van der Waals surface area contributed by atoms with Crippen molar-refractivity contribution in [3.8, 4) is 33.8 Å². The zero-order valence-corrected chi connectivity index (χ0v) is 19.6. The first-order valence-electron chi connectivity index (χ1n) is 11.8. The molecule has 1 aliphatic heterocycles. The third-order valence-corrected chi connectivity index (χ3v) is 6.54. The minimum atomic E-state index is -0.285. The van der Waals surface area contributed by atoms with Gasteiger partial charge in [-0.3, -0.25) is 4.68 Å². The fourth-order valence-corrected chi connectivity index (χ4v) is 4.81. The van der Waals surface area contributed by atoms with Crippen LogP contribution in [-0.4, -0.2) is 32.0 Å². The van der Waals surface area contributed by atoms with Crippen LogP contribution < -0.4 is 0 Å². The van der Waals surface area contributed by atoms with Gasteiger partial charge in [0.05, 0.1) is 22.7 Å². The van der Waals surface area contributed by atoms with Gasteiger partial charge in [0.1, 0.15) is 23.6 Å². The maximum absolute atomic E-state index is 13.7. The Kier molecular flexibility index (Phi) is 5.22. The molecule has 7 heteroatoms. The first-order valence-corrected chi connectivity index (χ1v) is 11.8. The third kappa shape index (κ3) is 4.12. The zero-order valence-electron chi connectivity index (χ0n) is 19.6. The van der Waals surface area contributed by atoms with Gasteiger partial charge in [0.15, 0.2) is 0 Å². The van der Waals surface area contributed by atoms with Crippen molar-refractivity contribution in [3.05, 3.63) is 79.0 Å². The van der Waals surface area contributed by atoms with Gasteiger partial charge in [-0.2, -0.15) is 5.10 Å². The van der Waals surface area contributed by atoms with E-state index in [0.717, 1.165) is 52.1 Å². The molecule has 0 radical (unpaired) electrons. The number of hydrogen-bond donors (Lipinski definition) is 0. The van der Waals surface area contributed by atoms with Crippen LogP contribution in [-0.2, 0) is 4.74 Å². The Morgan fingerprint density at radius 2 is 1.77 bits per heavy atom. The first kappa shape index (κ1) is 21.7. The van der Waals surface area contributed by atoms with Crippen LogP contribution >= 0.6 is 0 Å². The van der Waals surface area contributed by atoms with Crippen molar-refractivity contribution in [1.29, 1.82) is 0 Å². The lowest BCUT2D eigenvalue weighted by Crippen LogP contribution is -2.35. The number of nitrogens with zero attached hydrogens (tertiary/aromatic N) is 4. The van der Waals surface area contributed by atoms with E-state index in [9.17, 15) is 4.39 Å². The van der Waals surface area contributed by atoms with Gasteiger partial charge in [0, 0.05) is 29.5 Å². The predicted octanol–water partition coefficient (Wildman–Crippen LogP) is 6.69. The minimum Gasteiger partial charge on any atom is -0.438 e. The number of halogens is 1. The highest BCUT2D eigenvalue weighted by Gasteiger charge is 2.31. The molecule has 0 bridgehead atoms. The molecular weight excluding hydrogens is 443 g/mol. The molecule has 0 unspecified atom stereocenters. The van der Waals surface area contributed by atoms with E-state index in [4.69, 9.17) is 14.3 Å². The van der Waals surface area contributed by atoms with E-state index in [1.165, 1.54) is 18.5 Å². The SMILES string of the molecule is CC1(C)C[C@@H](n2cc(-c3ncnc4oc(-c5ccccc5)cc34)c(-c3ccc(F)cc3)n2)CCO1. The number of furan rings is 1. The van der Waals surface area contributed by atoms with E-state index < -0.39 is 0 Å². The monoisotopic (exact) mass is 468 g/mol. The fraction of sp³-hybridized carbons (Fsp3) is 0.250. The average Bonchev–Trinajstić information content (AvgIpc) is 3.49. The molecule has 0 aliphatic carbocycles. The third-order valence-electron chi connectivity index (χ3n) is 6.54. The smallest absolute Gasteiger partial charge is 0.230 e. The Morgan fingerprint density at radius 3 is 2.54 bits per heavy atom. The van der Waals surface area contributed by atoms with Crippen LogP contribution in [0.3, 0.4) is 0 Å². The molecular formula is C28H25FN4O2. The Morgan fingerprint density at radius 1 is 0.971 bits per heavy atom. The Labute approximate surface area is 202 Å². The normalized spacial score (nSPS) is 17.6. The van der Waals surface area contributed by atoms with Gasteiger partial charge >= 0.3 is 0 Å². The molecule has 1 atom stereocenters. The number of benzene rings is 2. The topological polar surface area (TPSA) is 66.0 Å². The van der Waals surface area contributed by atoms with Gasteiger partial charge in [-0.15, -0.1) is 0 Å². The number of aromatic nitrogens is 4. The van der Waals surface area contributed by atoms with Crippen LogP contribution in [0.25, 0.3) is 44.9 Å². The molecule has 0 spiro atoms. The number of ether oxygens (including phenoxy) is 1. The van der Waals surface area contributed by atoms with Crippen LogP contribution in [0, 0.1) is 5.82 Å². The molecule has 0 saturated carbocycles. The summed E-state index contributed by atoms with van der Waals surface area (Å²) in [6.07, 6.45) is 5.28. The van der Waals surface area contributed by atoms with Gasteiger partial charge in [-0.1, -0.05) is 30.3 Å². The van der Waals surface area contributed by atoms with E-state index in [1.54, 1.807) is 12.1 Å². The number of fused-ring (bicyclic) bond motifs is 1. The van der Waals surface area contributed by atoms with Crippen molar-refractivity contribution in [3.63, 3.8) is 0 Å². The molecule has 35 heavy (non-hydrogen) atoms. The molecule has 176 valence electrons. The summed E-state index contributed by atoms with van der Waals surface area (Å²) in [6, 6.07) is 18.5. The van der Waals surface area contributed by atoms with E-state index in [-0.39, 0.29) is 17.5 Å². The number of rotatable bonds is 4. The van der Waals surface area contributed by atoms with Crippen molar-refractivity contribution in [2.24, 2.45) is 0 Å². The first-order chi connectivity index (χ1) is 17.0. The lowest BCUT2D eigenvalue weighted by molar-refractivity contribution is -0.0707. The minimum absolute atomic E-state index is 0.188. The van der Waals surface area contributed by atoms with Crippen molar-refractivity contribution in [1.82, 2.24) is 19.7 Å². The standard InChI is InChI=1S/C28H25FN4O2/c1-28(2)15-21(12-13-34-28)33-16-23(25(32-33)19-8-10-20(29)11-9-19)26-22-14-24(18-6-4-3-5-7-18)35-27(22)31-17-30-26/h3-11,14,16-17,21H,12-13,15H2,1-2H3/t21-/m0/s1. The summed E-state index contributed by atoms with van der Waals surface area (Å²) in [4.78, 5) is 9.02. The highest BCUT2D eigenvalue weighted by molar-refractivity contribution is 5.95. The summed E-state index contributed by atoms with van der Waals surface area (Å²) in [5, 5.41) is 5.80. The predicted molar refractivity (Wildman–Crippen MR) is 132 cm³/mol. The Bertz CT molecular complexity index is 1490. The van der Waals surface area contributed by atoms with Crippen LogP contribution in [0.4, 0.5) is 4.39 Å². The summed E-state index contributed by atoms with van der Waals surface area (Å²) in [6.45, 7) is 4.89. The molecule has 5 aromatic rings. The number of hydrogen-bond acceptors (Lipinski definition) is 5. The molecule has 4 heterocycles. The van der Waals surface area contributed by atoms with Gasteiger partial charge in [-0.05, 0) is 57.0 Å². The Hall–Kier alpha value is -3.84. The van der Waals surface area contributed by atoms with Gasteiger partial charge in [0.2, 0.25) is 5.71 Å². The van der Waals surface area contributed by atoms with Crippen molar-refractivity contribution in [2.75, 3.05) is 6.61 Å². The molecule has 1 aliphatic rings. The maximum Gasteiger partial charge on any atom is 0.230 e. The zero-order chi connectivity index (χ0) is 24.0. The Balaban J connectivity index is 1.51. The quantitative estimate of drug-likeness (QED) is 0.294. The highest BCUT2D eigenvalue weighted by atomic mass is 19.1. The van der Waals surface area contributed by atoms with E-state index in [1.807, 2.05) is 47.3 Å². The van der Waals surface area contributed by atoms with Crippen LogP contribution in [0.2, 0.25) is 0 Å². The van der Waals surface area contributed by atoms with Crippen LogP contribution in [0.5, 0.6) is 0 Å². The summed E-state index contributed by atoms with van der Waals surface area (Å²) >= 11 is 0. The van der Waals surface area contributed by atoms with Crippen molar-refractivity contribution < 1.29 is 13.5 Å². The molecule has 1 fully saturated rings. The fourth-order valence-electron chi connectivity index (χ4n) is 4.81.